The quantitative estimate of drug-likeness (QED) is 0.622. The van der Waals surface area contributed by atoms with Crippen LogP contribution < -0.4 is 0 Å². The molecule has 1 aliphatic heterocycles. The summed E-state index contributed by atoms with van der Waals surface area (Å²) in [5.41, 5.74) is 2.74. The van der Waals surface area contributed by atoms with E-state index in [0.29, 0.717) is 42.9 Å². The average molecular weight is 391 g/mol. The van der Waals surface area contributed by atoms with Crippen LogP contribution in [0.3, 0.4) is 0 Å². The van der Waals surface area contributed by atoms with Crippen molar-refractivity contribution < 1.29 is 18.7 Å². The summed E-state index contributed by atoms with van der Waals surface area (Å²) < 4.78 is 10.6. The van der Waals surface area contributed by atoms with E-state index in [1.54, 1.807) is 35.4 Å². The first-order chi connectivity index (χ1) is 14.1. The molecule has 148 valence electrons. The fourth-order valence-electron chi connectivity index (χ4n) is 3.41. The molecule has 3 heterocycles. The molecular weight excluding hydrogens is 370 g/mol. The number of benzene rings is 1. The van der Waals surface area contributed by atoms with Gasteiger partial charge in [-0.1, -0.05) is 12.1 Å². The molecule has 0 spiro atoms. The summed E-state index contributed by atoms with van der Waals surface area (Å²) in [5, 5.41) is 0. The number of carbonyl (C=O) groups excluding carboxylic acids is 2. The lowest BCUT2D eigenvalue weighted by atomic mass is 10.1. The molecule has 7 heteroatoms. The van der Waals surface area contributed by atoms with Crippen molar-refractivity contribution in [3.05, 3.63) is 82.8 Å². The van der Waals surface area contributed by atoms with Crippen LogP contribution in [0.25, 0.3) is 0 Å². The van der Waals surface area contributed by atoms with Crippen LogP contribution in [-0.2, 0) is 30.5 Å². The van der Waals surface area contributed by atoms with Gasteiger partial charge in [-0.05, 0) is 36.2 Å². The van der Waals surface area contributed by atoms with Gasteiger partial charge in [0.1, 0.15) is 11.5 Å². The van der Waals surface area contributed by atoms with Gasteiger partial charge in [-0.15, -0.1) is 0 Å². The molecule has 1 aromatic carbocycles. The SMILES string of the molecule is COC(=O)c1cccc(C(=O)N2CCc3oc(CCc4cccnc4)nc3C2)c1. The van der Waals surface area contributed by atoms with E-state index < -0.39 is 5.97 Å². The zero-order valence-electron chi connectivity index (χ0n) is 16.1. The summed E-state index contributed by atoms with van der Waals surface area (Å²) >= 11 is 0. The highest BCUT2D eigenvalue weighted by molar-refractivity contribution is 5.98. The normalized spacial score (nSPS) is 13.1. The minimum atomic E-state index is -0.463. The van der Waals surface area contributed by atoms with Crippen molar-refractivity contribution in [1.29, 1.82) is 0 Å². The lowest BCUT2D eigenvalue weighted by molar-refractivity contribution is 0.0600. The van der Waals surface area contributed by atoms with Crippen LogP contribution in [0.4, 0.5) is 0 Å². The predicted octanol–water partition coefficient (Wildman–Crippen LogP) is 2.84. The molecule has 3 aromatic rings. The third kappa shape index (κ3) is 4.18. The van der Waals surface area contributed by atoms with Gasteiger partial charge >= 0.3 is 5.97 Å². The molecule has 0 saturated heterocycles. The van der Waals surface area contributed by atoms with E-state index >= 15 is 0 Å². The van der Waals surface area contributed by atoms with E-state index in [2.05, 4.69) is 9.97 Å². The highest BCUT2D eigenvalue weighted by atomic mass is 16.5. The summed E-state index contributed by atoms with van der Waals surface area (Å²) in [6, 6.07) is 10.5. The van der Waals surface area contributed by atoms with Crippen molar-refractivity contribution >= 4 is 11.9 Å². The van der Waals surface area contributed by atoms with Crippen LogP contribution >= 0.6 is 0 Å². The van der Waals surface area contributed by atoms with Crippen molar-refractivity contribution in [2.75, 3.05) is 13.7 Å². The minimum Gasteiger partial charge on any atom is -0.465 e. The molecule has 0 radical (unpaired) electrons. The number of esters is 1. The number of methoxy groups -OCH3 is 1. The van der Waals surface area contributed by atoms with E-state index in [1.165, 1.54) is 7.11 Å². The Balaban J connectivity index is 1.44. The van der Waals surface area contributed by atoms with Crippen LogP contribution in [0.2, 0.25) is 0 Å². The molecular formula is C22H21N3O4. The second-order valence-electron chi connectivity index (χ2n) is 6.89. The van der Waals surface area contributed by atoms with Gasteiger partial charge in [0.25, 0.3) is 5.91 Å². The molecule has 29 heavy (non-hydrogen) atoms. The van der Waals surface area contributed by atoms with Crippen LogP contribution in [0.5, 0.6) is 0 Å². The standard InChI is InChI=1S/C22H21N3O4/c1-28-22(27)17-6-2-5-16(12-17)21(26)25-11-9-19-18(14-25)24-20(29-19)8-7-15-4-3-10-23-13-15/h2-6,10,12-13H,7-9,11,14H2,1H3. The molecule has 0 fully saturated rings. The number of fused-ring (bicyclic) bond motifs is 1. The molecule has 0 N–H and O–H groups in total. The Morgan fingerprint density at radius 1 is 1.17 bits per heavy atom. The van der Waals surface area contributed by atoms with Gasteiger partial charge in [-0.3, -0.25) is 9.78 Å². The van der Waals surface area contributed by atoms with Gasteiger partial charge in [0.05, 0.1) is 19.2 Å². The number of oxazole rings is 1. The van der Waals surface area contributed by atoms with Crippen molar-refractivity contribution in [2.24, 2.45) is 0 Å². The van der Waals surface area contributed by atoms with Crippen LogP contribution in [0.15, 0.2) is 53.2 Å². The van der Waals surface area contributed by atoms with Gasteiger partial charge in [-0.2, -0.15) is 0 Å². The second-order valence-corrected chi connectivity index (χ2v) is 6.89. The fraction of sp³-hybridized carbons (Fsp3) is 0.273. The van der Waals surface area contributed by atoms with E-state index in [1.807, 2.05) is 18.3 Å². The number of amides is 1. The first-order valence-corrected chi connectivity index (χ1v) is 9.48. The summed E-state index contributed by atoms with van der Waals surface area (Å²) in [6.07, 6.45) is 5.70. The van der Waals surface area contributed by atoms with Gasteiger partial charge in [-0.25, -0.2) is 9.78 Å². The average Bonchev–Trinajstić information content (AvgIpc) is 3.19. The summed E-state index contributed by atoms with van der Waals surface area (Å²) in [5.74, 6) is 0.927. The Bertz CT molecular complexity index is 1030. The summed E-state index contributed by atoms with van der Waals surface area (Å²) in [6.45, 7) is 0.943. The molecule has 7 nitrogen and oxygen atoms in total. The minimum absolute atomic E-state index is 0.138. The molecule has 1 amide bonds. The van der Waals surface area contributed by atoms with Crippen molar-refractivity contribution in [1.82, 2.24) is 14.9 Å². The Hall–Kier alpha value is -3.48. The van der Waals surface area contributed by atoms with E-state index in [9.17, 15) is 9.59 Å². The van der Waals surface area contributed by atoms with Gasteiger partial charge < -0.3 is 14.1 Å². The molecule has 4 rings (SSSR count). The van der Waals surface area contributed by atoms with E-state index in [-0.39, 0.29) is 5.91 Å². The molecule has 0 unspecified atom stereocenters. The molecule has 0 bridgehead atoms. The smallest absolute Gasteiger partial charge is 0.337 e. The highest BCUT2D eigenvalue weighted by Crippen LogP contribution is 2.22. The number of hydrogen-bond donors (Lipinski definition) is 0. The van der Waals surface area contributed by atoms with Crippen molar-refractivity contribution in [2.45, 2.75) is 25.8 Å². The first kappa shape index (κ1) is 18.9. The summed E-state index contributed by atoms with van der Waals surface area (Å²) in [7, 11) is 1.32. The predicted molar refractivity (Wildman–Crippen MR) is 104 cm³/mol. The Kier molecular flexibility index (Phi) is 5.37. The number of nitrogens with zero attached hydrogens (tertiary/aromatic N) is 3. The number of carbonyl (C=O) groups is 2. The Morgan fingerprint density at radius 3 is 2.83 bits per heavy atom. The van der Waals surface area contributed by atoms with Gasteiger partial charge in [0.15, 0.2) is 5.89 Å². The van der Waals surface area contributed by atoms with E-state index in [4.69, 9.17) is 9.15 Å². The number of aryl methyl sites for hydroxylation is 2. The van der Waals surface area contributed by atoms with Gasteiger partial charge in [0, 0.05) is 37.3 Å². The Morgan fingerprint density at radius 2 is 2.03 bits per heavy atom. The zero-order chi connectivity index (χ0) is 20.2. The Labute approximate surface area is 168 Å². The highest BCUT2D eigenvalue weighted by Gasteiger charge is 2.26. The molecule has 0 saturated carbocycles. The maximum absolute atomic E-state index is 12.9. The summed E-state index contributed by atoms with van der Waals surface area (Å²) in [4.78, 5) is 35.1. The third-order valence-electron chi connectivity index (χ3n) is 4.94. The topological polar surface area (TPSA) is 85.5 Å². The molecule has 2 aromatic heterocycles. The number of hydrogen-bond acceptors (Lipinski definition) is 6. The van der Waals surface area contributed by atoms with Crippen LogP contribution in [0.1, 0.15) is 43.6 Å². The van der Waals surface area contributed by atoms with Crippen molar-refractivity contribution in [3.63, 3.8) is 0 Å². The molecule has 0 aliphatic carbocycles. The first-order valence-electron chi connectivity index (χ1n) is 9.48. The van der Waals surface area contributed by atoms with Crippen LogP contribution in [-0.4, -0.2) is 40.4 Å². The number of aromatic nitrogens is 2. The number of rotatable bonds is 5. The second kappa shape index (κ2) is 8.26. The number of ether oxygens (including phenoxy) is 1. The zero-order valence-corrected chi connectivity index (χ0v) is 16.1. The lowest BCUT2D eigenvalue weighted by Crippen LogP contribution is -2.35. The monoisotopic (exact) mass is 391 g/mol. The fourth-order valence-corrected chi connectivity index (χ4v) is 3.41. The van der Waals surface area contributed by atoms with Gasteiger partial charge in [0.2, 0.25) is 0 Å². The largest absolute Gasteiger partial charge is 0.465 e. The maximum Gasteiger partial charge on any atom is 0.337 e. The number of pyridine rings is 1. The third-order valence-corrected chi connectivity index (χ3v) is 4.94. The molecule has 0 atom stereocenters. The molecule has 1 aliphatic rings. The van der Waals surface area contributed by atoms with Crippen LogP contribution in [0, 0.1) is 0 Å². The van der Waals surface area contributed by atoms with Crippen molar-refractivity contribution in [3.8, 4) is 0 Å². The maximum atomic E-state index is 12.9. The van der Waals surface area contributed by atoms with E-state index in [0.717, 1.165) is 23.4 Å². The lowest BCUT2D eigenvalue weighted by Gasteiger charge is -2.25.